The molecule has 0 fully saturated rings. The summed E-state index contributed by atoms with van der Waals surface area (Å²) in [6, 6.07) is 10.8. The molecule has 1 unspecified atom stereocenters. The van der Waals surface area contributed by atoms with Crippen LogP contribution >= 0.6 is 11.6 Å². The predicted octanol–water partition coefficient (Wildman–Crippen LogP) is 3.15. The molecule has 7 heteroatoms. The van der Waals surface area contributed by atoms with Gasteiger partial charge < -0.3 is 4.90 Å². The van der Waals surface area contributed by atoms with E-state index in [2.05, 4.69) is 9.88 Å². The number of para-hydroxylation sites is 1. The highest BCUT2D eigenvalue weighted by Gasteiger charge is 2.34. The van der Waals surface area contributed by atoms with Crippen molar-refractivity contribution in [2.75, 3.05) is 18.5 Å². The zero-order valence-electron chi connectivity index (χ0n) is 13.7. The molecule has 1 aliphatic heterocycles. The van der Waals surface area contributed by atoms with Gasteiger partial charge in [0.1, 0.15) is 10.0 Å². The molecule has 0 radical (unpaired) electrons. The van der Waals surface area contributed by atoms with Gasteiger partial charge in [0, 0.05) is 38.1 Å². The molecule has 0 aliphatic carbocycles. The van der Waals surface area contributed by atoms with Gasteiger partial charge in [-0.1, -0.05) is 36.7 Å². The maximum atomic E-state index is 13.2. The Hall–Kier alpha value is -1.63. The molecule has 128 valence electrons. The molecule has 0 spiro atoms. The van der Waals surface area contributed by atoms with Crippen molar-refractivity contribution < 1.29 is 8.42 Å². The Morgan fingerprint density at radius 1 is 1.25 bits per heavy atom. The van der Waals surface area contributed by atoms with E-state index in [1.165, 1.54) is 18.3 Å². The summed E-state index contributed by atoms with van der Waals surface area (Å²) in [7, 11) is -1.64. The Morgan fingerprint density at radius 2 is 2.00 bits per heavy atom. The van der Waals surface area contributed by atoms with Crippen molar-refractivity contribution in [2.45, 2.75) is 30.8 Å². The van der Waals surface area contributed by atoms with Crippen molar-refractivity contribution in [1.29, 1.82) is 0 Å². The maximum Gasteiger partial charge on any atom is 0.245 e. The van der Waals surface area contributed by atoms with Crippen molar-refractivity contribution in [1.82, 2.24) is 9.29 Å². The molecule has 1 aliphatic rings. The van der Waals surface area contributed by atoms with Crippen molar-refractivity contribution in [3.05, 3.63) is 53.3 Å². The SMILES string of the molecule is CCC1CN(C)c2ccccc2CN1S(=O)(=O)c1ccc(Cl)nc1. The van der Waals surface area contributed by atoms with Gasteiger partial charge in [0.2, 0.25) is 10.0 Å². The number of hydrogen-bond donors (Lipinski definition) is 0. The second kappa shape index (κ2) is 6.70. The summed E-state index contributed by atoms with van der Waals surface area (Å²) in [6.45, 7) is 3.01. The van der Waals surface area contributed by atoms with Crippen LogP contribution in [0.3, 0.4) is 0 Å². The normalized spacial score (nSPS) is 19.0. The van der Waals surface area contributed by atoms with Gasteiger partial charge in [-0.05, 0) is 30.2 Å². The number of nitrogens with zero attached hydrogens (tertiary/aromatic N) is 3. The van der Waals surface area contributed by atoms with Gasteiger partial charge in [-0.25, -0.2) is 13.4 Å². The lowest BCUT2D eigenvalue weighted by Crippen LogP contribution is -2.43. The van der Waals surface area contributed by atoms with Crippen LogP contribution in [0.25, 0.3) is 0 Å². The first-order chi connectivity index (χ1) is 11.4. The molecule has 2 aromatic rings. The van der Waals surface area contributed by atoms with Crippen molar-refractivity contribution in [3.8, 4) is 0 Å². The summed E-state index contributed by atoms with van der Waals surface area (Å²) < 4.78 is 27.9. The van der Waals surface area contributed by atoms with Crippen LogP contribution in [0.15, 0.2) is 47.5 Å². The molecular formula is C17H20ClN3O2S. The number of hydrogen-bond acceptors (Lipinski definition) is 4. The minimum atomic E-state index is -3.64. The van der Waals surface area contributed by atoms with Crippen LogP contribution in [0.4, 0.5) is 5.69 Å². The van der Waals surface area contributed by atoms with E-state index in [1.807, 2.05) is 38.2 Å². The summed E-state index contributed by atoms with van der Waals surface area (Å²) >= 11 is 5.79. The number of halogens is 1. The van der Waals surface area contributed by atoms with E-state index in [0.717, 1.165) is 17.7 Å². The lowest BCUT2D eigenvalue weighted by atomic mass is 10.1. The third-order valence-electron chi connectivity index (χ3n) is 4.40. The van der Waals surface area contributed by atoms with Crippen LogP contribution in [-0.4, -0.2) is 37.3 Å². The Morgan fingerprint density at radius 3 is 2.67 bits per heavy atom. The minimum absolute atomic E-state index is 0.108. The van der Waals surface area contributed by atoms with Crippen molar-refractivity contribution in [2.24, 2.45) is 0 Å². The standard InChI is InChI=1S/C17H20ClN3O2S/c1-3-14-12-20(2)16-7-5-4-6-13(16)11-21(14)24(22,23)15-8-9-17(18)19-10-15/h4-10,14H,3,11-12H2,1-2H3. The van der Waals surface area contributed by atoms with E-state index in [9.17, 15) is 8.42 Å². The first-order valence-electron chi connectivity index (χ1n) is 7.86. The molecule has 1 aromatic carbocycles. The molecule has 1 aromatic heterocycles. The molecule has 2 heterocycles. The summed E-state index contributed by atoms with van der Waals surface area (Å²) in [5.41, 5.74) is 2.07. The molecule has 0 N–H and O–H groups in total. The Kier molecular flexibility index (Phi) is 4.80. The number of anilines is 1. The Bertz CT molecular complexity index is 824. The van der Waals surface area contributed by atoms with E-state index in [4.69, 9.17) is 11.6 Å². The monoisotopic (exact) mass is 365 g/mol. The van der Waals surface area contributed by atoms with Crippen LogP contribution in [-0.2, 0) is 16.6 Å². The molecule has 0 amide bonds. The quantitative estimate of drug-likeness (QED) is 0.784. The Labute approximate surface area is 147 Å². The fraction of sp³-hybridized carbons (Fsp3) is 0.353. The highest BCUT2D eigenvalue weighted by Crippen LogP contribution is 2.31. The zero-order valence-corrected chi connectivity index (χ0v) is 15.3. The van der Waals surface area contributed by atoms with E-state index < -0.39 is 10.0 Å². The summed E-state index contributed by atoms with van der Waals surface area (Å²) in [4.78, 5) is 6.22. The first-order valence-corrected chi connectivity index (χ1v) is 9.67. The number of sulfonamides is 1. The highest BCUT2D eigenvalue weighted by atomic mass is 35.5. The molecule has 1 atom stereocenters. The zero-order chi connectivity index (χ0) is 17.3. The number of benzene rings is 1. The smallest absolute Gasteiger partial charge is 0.245 e. The molecule has 24 heavy (non-hydrogen) atoms. The topological polar surface area (TPSA) is 53.5 Å². The number of rotatable bonds is 3. The fourth-order valence-electron chi connectivity index (χ4n) is 3.08. The van der Waals surface area contributed by atoms with Gasteiger partial charge in [0.25, 0.3) is 0 Å². The molecule has 0 saturated heterocycles. The van der Waals surface area contributed by atoms with Gasteiger partial charge in [-0.2, -0.15) is 4.31 Å². The van der Waals surface area contributed by atoms with Gasteiger partial charge in [0.05, 0.1) is 0 Å². The molecule has 5 nitrogen and oxygen atoms in total. The first kappa shape index (κ1) is 17.2. The average Bonchev–Trinajstić information content (AvgIpc) is 2.72. The number of pyridine rings is 1. The third-order valence-corrected chi connectivity index (χ3v) is 6.50. The van der Waals surface area contributed by atoms with Gasteiger partial charge in [0.15, 0.2) is 0 Å². The molecular weight excluding hydrogens is 346 g/mol. The van der Waals surface area contributed by atoms with Crippen molar-refractivity contribution >= 4 is 27.3 Å². The lowest BCUT2D eigenvalue weighted by molar-refractivity contribution is 0.315. The van der Waals surface area contributed by atoms with E-state index in [1.54, 1.807) is 4.31 Å². The van der Waals surface area contributed by atoms with Crippen LogP contribution in [0.5, 0.6) is 0 Å². The summed E-state index contributed by atoms with van der Waals surface area (Å²) in [5.74, 6) is 0. The summed E-state index contributed by atoms with van der Waals surface area (Å²) in [5, 5.41) is 0.280. The van der Waals surface area contributed by atoms with Crippen LogP contribution < -0.4 is 4.90 Å². The molecule has 0 saturated carbocycles. The number of likely N-dealkylation sites (N-methyl/N-ethyl adjacent to an activating group) is 1. The fourth-order valence-corrected chi connectivity index (χ4v) is 4.81. The van der Waals surface area contributed by atoms with Crippen LogP contribution in [0.2, 0.25) is 5.15 Å². The average molecular weight is 366 g/mol. The number of fused-ring (bicyclic) bond motifs is 1. The van der Waals surface area contributed by atoms with E-state index >= 15 is 0 Å². The van der Waals surface area contributed by atoms with E-state index in [0.29, 0.717) is 13.1 Å². The third kappa shape index (κ3) is 3.14. The second-order valence-electron chi connectivity index (χ2n) is 5.94. The summed E-state index contributed by atoms with van der Waals surface area (Å²) in [6.07, 6.45) is 2.06. The predicted molar refractivity (Wildman–Crippen MR) is 95.8 cm³/mol. The minimum Gasteiger partial charge on any atom is -0.373 e. The van der Waals surface area contributed by atoms with Gasteiger partial charge in [-0.15, -0.1) is 0 Å². The molecule has 0 bridgehead atoms. The van der Waals surface area contributed by atoms with Crippen molar-refractivity contribution in [3.63, 3.8) is 0 Å². The van der Waals surface area contributed by atoms with Crippen LogP contribution in [0, 0.1) is 0 Å². The number of aromatic nitrogens is 1. The van der Waals surface area contributed by atoms with Gasteiger partial charge >= 0.3 is 0 Å². The lowest BCUT2D eigenvalue weighted by Gasteiger charge is -2.29. The second-order valence-corrected chi connectivity index (χ2v) is 8.22. The highest BCUT2D eigenvalue weighted by molar-refractivity contribution is 7.89. The largest absolute Gasteiger partial charge is 0.373 e. The van der Waals surface area contributed by atoms with E-state index in [-0.39, 0.29) is 16.1 Å². The van der Waals surface area contributed by atoms with Gasteiger partial charge in [-0.3, -0.25) is 0 Å². The van der Waals surface area contributed by atoms with Crippen LogP contribution in [0.1, 0.15) is 18.9 Å². The maximum absolute atomic E-state index is 13.2. The molecule has 3 rings (SSSR count). The Balaban J connectivity index is 2.05.